The largest absolute Gasteiger partial charge is 0.495 e. The van der Waals surface area contributed by atoms with E-state index in [1.165, 1.54) is 11.8 Å². The molecule has 66 heavy (non-hydrogen) atoms. The molecule has 6 aromatic rings. The molecule has 6 heterocycles. The van der Waals surface area contributed by atoms with Crippen LogP contribution >= 0.6 is 48.0 Å². The summed E-state index contributed by atoms with van der Waals surface area (Å²) in [4.78, 5) is 56.6. The Hall–Kier alpha value is -6.13. The molecular formula is C44H50Cl2N12O6S2. The van der Waals surface area contributed by atoms with E-state index in [0.29, 0.717) is 51.3 Å². The van der Waals surface area contributed by atoms with Crippen molar-refractivity contribution in [2.45, 2.75) is 56.9 Å². The first-order valence-electron chi connectivity index (χ1n) is 20.5. The third-order valence-corrected chi connectivity index (χ3v) is 12.0. The summed E-state index contributed by atoms with van der Waals surface area (Å²) in [6, 6.07) is 11.0. The minimum Gasteiger partial charge on any atom is -0.495 e. The Kier molecular flexibility index (Phi) is 18.4. The SMILES string of the molecule is COc1ccc(NC(=O)CCl)cc1N1CCC(O)CC1.Cl.[C-]#[N+]c1ncc2[nH]c(=S)[nH]c2c1C.[C-]#[N+]c1ncc2[nH]c(SCC(=O)Nc3ccc(OC)c(N4CCC(O)CC4)c3)nc2c1C. The Morgan fingerprint density at radius 2 is 1.32 bits per heavy atom. The molecule has 0 unspecified atom stereocenters. The third-order valence-electron chi connectivity index (χ3n) is 10.7. The third kappa shape index (κ3) is 12.8. The van der Waals surface area contributed by atoms with Crippen LogP contribution in [-0.4, -0.2) is 116 Å². The minimum absolute atomic E-state index is 0. The summed E-state index contributed by atoms with van der Waals surface area (Å²) in [5.41, 5.74) is 7.90. The fraction of sp³-hybridized carbons (Fsp3) is 0.364. The molecule has 2 aliphatic rings. The molecule has 2 amide bonds. The number of halogens is 2. The molecule has 0 saturated carbocycles. The zero-order valence-electron chi connectivity index (χ0n) is 36.6. The van der Waals surface area contributed by atoms with Gasteiger partial charge in [0.15, 0.2) is 9.93 Å². The average Bonchev–Trinajstić information content (AvgIpc) is 3.93. The highest BCUT2D eigenvalue weighted by molar-refractivity contribution is 7.99. The molecule has 0 aliphatic carbocycles. The van der Waals surface area contributed by atoms with Crippen molar-refractivity contribution in [3.05, 3.63) is 87.5 Å². The predicted molar refractivity (Wildman–Crippen MR) is 264 cm³/mol. The normalized spacial score (nSPS) is 13.8. The minimum atomic E-state index is -0.261. The maximum absolute atomic E-state index is 12.5. The average molecular weight is 978 g/mol. The molecule has 8 rings (SSSR count). The Balaban J connectivity index is 0.000000204. The Labute approximate surface area is 401 Å². The number of piperidine rings is 2. The lowest BCUT2D eigenvalue weighted by molar-refractivity contribution is -0.114. The van der Waals surface area contributed by atoms with E-state index in [1.54, 1.807) is 32.7 Å². The van der Waals surface area contributed by atoms with E-state index >= 15 is 0 Å². The van der Waals surface area contributed by atoms with E-state index in [0.717, 1.165) is 89.6 Å². The Bertz CT molecular complexity index is 2790. The van der Waals surface area contributed by atoms with Gasteiger partial charge in [-0.25, -0.2) is 4.98 Å². The van der Waals surface area contributed by atoms with E-state index in [-0.39, 0.29) is 48.1 Å². The molecule has 18 nitrogen and oxygen atoms in total. The van der Waals surface area contributed by atoms with Crippen LogP contribution in [0.4, 0.5) is 34.4 Å². The number of aromatic amines is 3. The molecule has 2 saturated heterocycles. The summed E-state index contributed by atoms with van der Waals surface area (Å²) in [7, 11) is 3.24. The number of anilines is 4. The number of hydrogen-bond acceptors (Lipinski definition) is 13. The molecule has 0 atom stereocenters. The van der Waals surface area contributed by atoms with Gasteiger partial charge in [-0.3, -0.25) is 9.59 Å². The number of rotatable bonds is 10. The number of imidazole rings is 2. The number of aryl methyl sites for hydroxylation is 2. The van der Waals surface area contributed by atoms with Crippen LogP contribution < -0.4 is 29.9 Å². The molecule has 22 heteroatoms. The first kappa shape index (κ1) is 50.9. The Morgan fingerprint density at radius 3 is 1.82 bits per heavy atom. The number of benzene rings is 2. The number of pyridine rings is 2. The number of thioether (sulfide) groups is 1. The summed E-state index contributed by atoms with van der Waals surface area (Å²) in [6.07, 6.45) is 5.61. The lowest BCUT2D eigenvalue weighted by atomic mass is 10.1. The molecule has 2 aromatic carbocycles. The summed E-state index contributed by atoms with van der Waals surface area (Å²) < 4.78 is 11.4. The number of aliphatic hydroxyl groups excluding tert-OH is 2. The van der Waals surface area contributed by atoms with Gasteiger partial charge in [0.2, 0.25) is 11.8 Å². The standard InChI is InChI=1S/C22H24N6O3S.C14H19ClN2O3.C8H6N4S.ClH/c1-13-20-16(11-24-21(13)23-2)26-22(27-20)32-12-19(30)25-14-4-5-18(31-3)17(10-14)28-8-6-15(29)7-9-28;1-20-13-3-2-10(16-14(19)9-15)8-12(13)17-6-4-11(18)5-7-17;1-4-6-5(11-8(13)12-6)3-10-7(4)9-2;/h4-5,10-11,15,29H,6-9,12H2,1,3H3,(H,25,30)(H,26,27);2-3,8,11,18H,4-7,9H2,1H3,(H,16,19);3H,1H3,(H2,11,12,13);1H. The molecule has 2 fully saturated rings. The lowest BCUT2D eigenvalue weighted by Crippen LogP contribution is -2.36. The molecule has 0 spiro atoms. The highest BCUT2D eigenvalue weighted by atomic mass is 35.5. The van der Waals surface area contributed by atoms with Crippen LogP contribution in [0, 0.1) is 31.8 Å². The van der Waals surface area contributed by atoms with Crippen LogP contribution in [0.1, 0.15) is 36.8 Å². The molecule has 0 bridgehead atoms. The fourth-order valence-corrected chi connectivity index (χ4v) is 8.21. The number of nitrogens with zero attached hydrogens (tertiary/aromatic N) is 7. The first-order valence-corrected chi connectivity index (χ1v) is 22.5. The molecule has 348 valence electrons. The number of fused-ring (bicyclic) bond motifs is 2. The van der Waals surface area contributed by atoms with Crippen molar-refractivity contribution in [2.75, 3.05) is 72.5 Å². The second-order valence-corrected chi connectivity index (χ2v) is 16.7. The topological polar surface area (TPSA) is 218 Å². The van der Waals surface area contributed by atoms with Crippen LogP contribution in [0.2, 0.25) is 0 Å². The highest BCUT2D eigenvalue weighted by Crippen LogP contribution is 2.35. The number of hydrogen-bond donors (Lipinski definition) is 7. The number of alkyl halides is 1. The van der Waals surface area contributed by atoms with Crippen molar-refractivity contribution < 1.29 is 29.3 Å². The molecule has 2 aliphatic heterocycles. The van der Waals surface area contributed by atoms with Crippen molar-refractivity contribution >= 4 is 116 Å². The smallest absolute Gasteiger partial charge is 0.274 e. The van der Waals surface area contributed by atoms with Crippen molar-refractivity contribution in [3.63, 3.8) is 0 Å². The lowest BCUT2D eigenvalue weighted by Gasteiger charge is -2.32. The monoisotopic (exact) mass is 976 g/mol. The van der Waals surface area contributed by atoms with Crippen molar-refractivity contribution in [1.29, 1.82) is 0 Å². The van der Waals surface area contributed by atoms with Gasteiger partial charge in [0.05, 0.1) is 54.6 Å². The number of carbonyl (C=O) groups is 2. The zero-order chi connectivity index (χ0) is 46.6. The number of carbonyl (C=O) groups excluding carboxylic acids is 2. The number of methoxy groups -OCH3 is 2. The van der Waals surface area contributed by atoms with Gasteiger partial charge in [-0.2, -0.15) is 0 Å². The van der Waals surface area contributed by atoms with Crippen LogP contribution in [-0.2, 0) is 9.59 Å². The van der Waals surface area contributed by atoms with Crippen molar-refractivity contribution in [3.8, 4) is 11.5 Å². The van der Waals surface area contributed by atoms with E-state index in [2.05, 4.69) is 60.0 Å². The zero-order valence-corrected chi connectivity index (χ0v) is 39.8. The highest BCUT2D eigenvalue weighted by Gasteiger charge is 2.22. The van der Waals surface area contributed by atoms with E-state index in [9.17, 15) is 19.8 Å². The summed E-state index contributed by atoms with van der Waals surface area (Å²) in [5, 5.41) is 25.6. The second kappa shape index (κ2) is 23.9. The van der Waals surface area contributed by atoms with Gasteiger partial charge >= 0.3 is 0 Å². The summed E-state index contributed by atoms with van der Waals surface area (Å²) in [5.74, 6) is 1.95. The number of amides is 2. The number of aromatic nitrogens is 6. The first-order chi connectivity index (χ1) is 31.3. The van der Waals surface area contributed by atoms with Gasteiger partial charge in [0, 0.05) is 48.7 Å². The number of ether oxygens (including phenoxy) is 2. The van der Waals surface area contributed by atoms with Crippen LogP contribution in [0.3, 0.4) is 0 Å². The number of H-pyrrole nitrogens is 3. The second-order valence-electron chi connectivity index (χ2n) is 15.0. The maximum atomic E-state index is 12.5. The van der Waals surface area contributed by atoms with Gasteiger partial charge in [0.1, 0.15) is 40.8 Å². The predicted octanol–water partition coefficient (Wildman–Crippen LogP) is 8.25. The van der Waals surface area contributed by atoms with Crippen LogP contribution in [0.5, 0.6) is 11.5 Å². The summed E-state index contributed by atoms with van der Waals surface area (Å²) >= 11 is 11.7. The van der Waals surface area contributed by atoms with Crippen molar-refractivity contribution in [1.82, 2.24) is 29.9 Å². The molecule has 7 N–H and O–H groups in total. The quantitative estimate of drug-likeness (QED) is 0.0298. The fourth-order valence-electron chi connectivity index (χ4n) is 7.26. The van der Waals surface area contributed by atoms with Crippen LogP contribution in [0.15, 0.2) is 53.9 Å². The molecule has 4 aromatic heterocycles. The number of aliphatic hydroxyl groups is 2. The van der Waals surface area contributed by atoms with E-state index in [1.807, 2.05) is 44.2 Å². The van der Waals surface area contributed by atoms with Gasteiger partial charge < -0.3 is 64.8 Å². The van der Waals surface area contributed by atoms with Crippen molar-refractivity contribution in [2.24, 2.45) is 0 Å². The van der Waals surface area contributed by atoms with Gasteiger partial charge in [-0.1, -0.05) is 24.9 Å². The molecular weight excluding hydrogens is 928 g/mol. The van der Waals surface area contributed by atoms with Gasteiger partial charge in [-0.15, -0.1) is 34.0 Å². The van der Waals surface area contributed by atoms with Gasteiger partial charge in [0.25, 0.3) is 11.6 Å². The molecule has 0 radical (unpaired) electrons. The van der Waals surface area contributed by atoms with E-state index in [4.69, 9.17) is 46.4 Å². The number of nitrogens with one attached hydrogen (secondary N) is 5. The van der Waals surface area contributed by atoms with Crippen LogP contribution in [0.25, 0.3) is 31.8 Å². The Morgan fingerprint density at radius 1 is 0.818 bits per heavy atom. The maximum Gasteiger partial charge on any atom is 0.274 e. The van der Waals surface area contributed by atoms with E-state index < -0.39 is 0 Å². The summed E-state index contributed by atoms with van der Waals surface area (Å²) in [6.45, 7) is 20.7. The van der Waals surface area contributed by atoms with Gasteiger partial charge in [-0.05, 0) is 88.1 Å².